The second-order valence-electron chi connectivity index (χ2n) is 6.22. The Kier molecular flexibility index (Phi) is 6.10. The predicted octanol–water partition coefficient (Wildman–Crippen LogP) is 4.59. The highest BCUT2D eigenvalue weighted by Gasteiger charge is 2.24. The number of nitrogens with zero attached hydrogens (tertiary/aromatic N) is 2. The lowest BCUT2D eigenvalue weighted by molar-refractivity contribution is 0.102. The van der Waals surface area contributed by atoms with Crippen molar-refractivity contribution in [2.75, 3.05) is 19.0 Å². The predicted molar refractivity (Wildman–Crippen MR) is 111 cm³/mol. The number of pyridine rings is 1. The standard InChI is InChI=1S/C23H21N3O3/c1-4-29-23-19(14-24)21(16-8-6-5-7-9-16)20(15(2)25-23)22(27)26-17-10-12-18(28-3)13-11-17/h5-13H,4H2,1-3H3,(H,26,27). The normalized spacial score (nSPS) is 10.1. The van der Waals surface area contributed by atoms with Gasteiger partial charge in [0.1, 0.15) is 17.4 Å². The highest BCUT2D eigenvalue weighted by atomic mass is 16.5. The van der Waals surface area contributed by atoms with E-state index in [4.69, 9.17) is 9.47 Å². The molecule has 0 saturated heterocycles. The Hall–Kier alpha value is -3.85. The van der Waals surface area contributed by atoms with Crippen LogP contribution in [-0.4, -0.2) is 24.6 Å². The molecule has 0 aliphatic rings. The van der Waals surface area contributed by atoms with Crippen LogP contribution in [0.1, 0.15) is 28.5 Å². The fraction of sp³-hybridized carbons (Fsp3) is 0.174. The molecule has 0 spiro atoms. The summed E-state index contributed by atoms with van der Waals surface area (Å²) in [4.78, 5) is 17.6. The van der Waals surface area contributed by atoms with Crippen molar-refractivity contribution in [2.45, 2.75) is 13.8 Å². The molecule has 2 aromatic carbocycles. The van der Waals surface area contributed by atoms with Crippen LogP contribution in [0.15, 0.2) is 54.6 Å². The van der Waals surface area contributed by atoms with Gasteiger partial charge in [-0.05, 0) is 43.7 Å². The van der Waals surface area contributed by atoms with E-state index in [1.165, 1.54) is 0 Å². The summed E-state index contributed by atoms with van der Waals surface area (Å²) >= 11 is 0. The number of aryl methyl sites for hydroxylation is 1. The molecule has 0 fully saturated rings. The van der Waals surface area contributed by atoms with Crippen molar-refractivity contribution < 1.29 is 14.3 Å². The maximum atomic E-state index is 13.2. The maximum Gasteiger partial charge on any atom is 0.258 e. The highest BCUT2D eigenvalue weighted by molar-refractivity contribution is 6.10. The molecule has 0 atom stereocenters. The molecule has 0 unspecified atom stereocenters. The van der Waals surface area contributed by atoms with Gasteiger partial charge in [-0.25, -0.2) is 4.98 Å². The van der Waals surface area contributed by atoms with E-state index in [1.807, 2.05) is 37.3 Å². The first-order chi connectivity index (χ1) is 14.1. The fourth-order valence-corrected chi connectivity index (χ4v) is 3.06. The number of benzene rings is 2. The third kappa shape index (κ3) is 4.19. The van der Waals surface area contributed by atoms with Crippen LogP contribution in [0.2, 0.25) is 0 Å². The van der Waals surface area contributed by atoms with Crippen LogP contribution in [0, 0.1) is 18.3 Å². The first-order valence-electron chi connectivity index (χ1n) is 9.17. The molecule has 29 heavy (non-hydrogen) atoms. The number of aromatic nitrogens is 1. The van der Waals surface area contributed by atoms with E-state index in [2.05, 4.69) is 16.4 Å². The van der Waals surface area contributed by atoms with E-state index in [9.17, 15) is 10.1 Å². The Morgan fingerprint density at radius 1 is 1.14 bits per heavy atom. The van der Waals surface area contributed by atoms with E-state index in [-0.39, 0.29) is 17.4 Å². The van der Waals surface area contributed by atoms with Gasteiger partial charge in [-0.1, -0.05) is 30.3 Å². The van der Waals surface area contributed by atoms with Gasteiger partial charge in [-0.3, -0.25) is 4.79 Å². The Morgan fingerprint density at radius 3 is 2.41 bits per heavy atom. The molecular weight excluding hydrogens is 366 g/mol. The molecule has 146 valence electrons. The molecule has 0 aliphatic heterocycles. The van der Waals surface area contributed by atoms with Crippen molar-refractivity contribution in [1.82, 2.24) is 4.98 Å². The van der Waals surface area contributed by atoms with Gasteiger partial charge in [0, 0.05) is 11.3 Å². The van der Waals surface area contributed by atoms with E-state index < -0.39 is 0 Å². The van der Waals surface area contributed by atoms with Crippen molar-refractivity contribution in [3.63, 3.8) is 0 Å². The van der Waals surface area contributed by atoms with Gasteiger partial charge < -0.3 is 14.8 Å². The van der Waals surface area contributed by atoms with Crippen molar-refractivity contribution in [1.29, 1.82) is 5.26 Å². The topological polar surface area (TPSA) is 84.2 Å². The van der Waals surface area contributed by atoms with Gasteiger partial charge in [0.25, 0.3) is 5.91 Å². The first-order valence-corrected chi connectivity index (χ1v) is 9.17. The molecule has 0 saturated carbocycles. The monoisotopic (exact) mass is 387 g/mol. The highest BCUT2D eigenvalue weighted by Crippen LogP contribution is 2.34. The smallest absolute Gasteiger partial charge is 0.258 e. The molecule has 3 rings (SSSR count). The minimum atomic E-state index is -0.349. The molecule has 6 heteroatoms. The van der Waals surface area contributed by atoms with Crippen LogP contribution in [-0.2, 0) is 0 Å². The minimum absolute atomic E-state index is 0.229. The van der Waals surface area contributed by atoms with Crippen molar-refractivity contribution >= 4 is 11.6 Å². The lowest BCUT2D eigenvalue weighted by Crippen LogP contribution is -2.17. The zero-order valence-corrected chi connectivity index (χ0v) is 16.5. The molecule has 1 aromatic heterocycles. The number of methoxy groups -OCH3 is 1. The largest absolute Gasteiger partial charge is 0.497 e. The van der Waals surface area contributed by atoms with Crippen molar-refractivity contribution in [3.05, 3.63) is 71.4 Å². The van der Waals surface area contributed by atoms with E-state index in [0.717, 1.165) is 5.56 Å². The van der Waals surface area contributed by atoms with Crippen LogP contribution in [0.5, 0.6) is 11.6 Å². The zero-order valence-electron chi connectivity index (χ0n) is 16.5. The average Bonchev–Trinajstić information content (AvgIpc) is 2.74. The molecule has 0 aliphatic carbocycles. The number of carbonyl (C=O) groups is 1. The summed E-state index contributed by atoms with van der Waals surface area (Å²) < 4.78 is 10.7. The van der Waals surface area contributed by atoms with E-state index >= 15 is 0 Å². The van der Waals surface area contributed by atoms with Gasteiger partial charge in [-0.15, -0.1) is 0 Å². The van der Waals surface area contributed by atoms with Gasteiger partial charge >= 0.3 is 0 Å². The van der Waals surface area contributed by atoms with E-state index in [1.54, 1.807) is 38.3 Å². The number of hydrogen-bond donors (Lipinski definition) is 1. The first kappa shape index (κ1) is 19.9. The van der Waals surface area contributed by atoms with Crippen LogP contribution < -0.4 is 14.8 Å². The van der Waals surface area contributed by atoms with Crippen molar-refractivity contribution in [2.24, 2.45) is 0 Å². The van der Waals surface area contributed by atoms with Gasteiger partial charge in [0.05, 0.1) is 25.0 Å². The lowest BCUT2D eigenvalue weighted by Gasteiger charge is -2.17. The maximum absolute atomic E-state index is 13.2. The summed E-state index contributed by atoms with van der Waals surface area (Å²) in [5, 5.41) is 12.7. The molecular formula is C23H21N3O3. The van der Waals surface area contributed by atoms with Crippen LogP contribution >= 0.6 is 0 Å². The Balaban J connectivity index is 2.13. The second kappa shape index (κ2) is 8.89. The number of carbonyl (C=O) groups excluding carboxylic acids is 1. The fourth-order valence-electron chi connectivity index (χ4n) is 3.06. The van der Waals surface area contributed by atoms with Crippen LogP contribution in [0.25, 0.3) is 11.1 Å². The summed E-state index contributed by atoms with van der Waals surface area (Å²) in [6, 6.07) is 18.5. The number of rotatable bonds is 6. The lowest BCUT2D eigenvalue weighted by atomic mass is 9.94. The third-order valence-corrected chi connectivity index (χ3v) is 4.38. The molecule has 1 amide bonds. The number of anilines is 1. The second-order valence-corrected chi connectivity index (χ2v) is 6.22. The van der Waals surface area contributed by atoms with Gasteiger partial charge in [-0.2, -0.15) is 5.26 Å². The Labute approximate surface area is 169 Å². The molecule has 1 heterocycles. The van der Waals surface area contributed by atoms with Crippen molar-refractivity contribution in [3.8, 4) is 28.8 Å². The summed E-state index contributed by atoms with van der Waals surface area (Å²) in [5.41, 5.74) is 2.93. The quantitative estimate of drug-likeness (QED) is 0.669. The third-order valence-electron chi connectivity index (χ3n) is 4.38. The SMILES string of the molecule is CCOc1nc(C)c(C(=O)Nc2ccc(OC)cc2)c(-c2ccccc2)c1C#N. The van der Waals surface area contributed by atoms with Crippen LogP contribution in [0.3, 0.4) is 0 Å². The molecule has 3 aromatic rings. The molecule has 0 bridgehead atoms. The molecule has 1 N–H and O–H groups in total. The van der Waals surface area contributed by atoms with E-state index in [0.29, 0.717) is 34.9 Å². The summed E-state index contributed by atoms with van der Waals surface area (Å²) in [6.45, 7) is 3.93. The summed E-state index contributed by atoms with van der Waals surface area (Å²) in [6.07, 6.45) is 0. The van der Waals surface area contributed by atoms with Gasteiger partial charge in [0.2, 0.25) is 5.88 Å². The van der Waals surface area contributed by atoms with Crippen LogP contribution in [0.4, 0.5) is 5.69 Å². The number of ether oxygens (including phenoxy) is 2. The number of nitriles is 1. The average molecular weight is 387 g/mol. The zero-order chi connectivity index (χ0) is 20.8. The Morgan fingerprint density at radius 2 is 1.83 bits per heavy atom. The number of nitrogens with one attached hydrogen (secondary N) is 1. The summed E-state index contributed by atoms with van der Waals surface area (Å²) in [7, 11) is 1.58. The van der Waals surface area contributed by atoms with Gasteiger partial charge in [0.15, 0.2) is 0 Å². The number of hydrogen-bond acceptors (Lipinski definition) is 5. The summed E-state index contributed by atoms with van der Waals surface area (Å²) in [5.74, 6) is 0.574. The minimum Gasteiger partial charge on any atom is -0.497 e. The number of amides is 1. The molecule has 0 radical (unpaired) electrons. The molecule has 6 nitrogen and oxygen atoms in total. The Bertz CT molecular complexity index is 1060.